The average molecular weight is 300 g/mol. The molecule has 1 heterocycles. The minimum atomic E-state index is -1.08. The second-order valence-corrected chi connectivity index (χ2v) is 4.98. The second-order valence-electron chi connectivity index (χ2n) is 4.98. The normalized spacial score (nSPS) is 16.8. The molecular weight excluding hydrogens is 285 g/mol. The van der Waals surface area contributed by atoms with E-state index in [1.807, 2.05) is 4.81 Å². The first-order valence-electron chi connectivity index (χ1n) is 6.60. The lowest BCUT2D eigenvalue weighted by Crippen LogP contribution is -2.45. The van der Waals surface area contributed by atoms with Gasteiger partial charge in [0, 0.05) is 0 Å². The van der Waals surface area contributed by atoms with Crippen LogP contribution in [0.5, 0.6) is 5.75 Å². The van der Waals surface area contributed by atoms with E-state index in [0.29, 0.717) is 38.1 Å². The number of nitrogens with zero attached hydrogens (tertiary/aromatic N) is 2. The van der Waals surface area contributed by atoms with Gasteiger partial charge in [0.25, 0.3) is 5.69 Å². The lowest BCUT2D eigenvalue weighted by molar-refractivity contribution is -0.385. The molecular formula is C12H15BF2N2O4. The van der Waals surface area contributed by atoms with E-state index in [1.165, 1.54) is 0 Å². The Kier molecular flexibility index (Phi) is 4.74. The third-order valence-corrected chi connectivity index (χ3v) is 3.48. The summed E-state index contributed by atoms with van der Waals surface area (Å²) in [4.78, 5) is 11.5. The van der Waals surface area contributed by atoms with Gasteiger partial charge in [0.15, 0.2) is 17.4 Å². The molecule has 114 valence electrons. The van der Waals surface area contributed by atoms with E-state index in [1.54, 1.807) is 6.82 Å². The number of rotatable bonds is 4. The van der Waals surface area contributed by atoms with Crippen molar-refractivity contribution in [2.24, 2.45) is 0 Å². The van der Waals surface area contributed by atoms with Crippen molar-refractivity contribution in [3.05, 3.63) is 33.9 Å². The van der Waals surface area contributed by atoms with Crippen molar-refractivity contribution in [2.45, 2.75) is 25.8 Å². The summed E-state index contributed by atoms with van der Waals surface area (Å²) in [6.45, 7) is 2.76. The summed E-state index contributed by atoms with van der Waals surface area (Å²) < 4.78 is 32.7. The van der Waals surface area contributed by atoms with Crippen LogP contribution in [0.25, 0.3) is 0 Å². The predicted octanol–water partition coefficient (Wildman–Crippen LogP) is 1.83. The third kappa shape index (κ3) is 3.67. The van der Waals surface area contributed by atoms with Crippen LogP contribution in [0.3, 0.4) is 0 Å². The summed E-state index contributed by atoms with van der Waals surface area (Å²) in [6.07, 6.45) is 0.645. The van der Waals surface area contributed by atoms with E-state index < -0.39 is 35.0 Å². The molecule has 1 aromatic carbocycles. The molecule has 0 radical (unpaired) electrons. The first-order chi connectivity index (χ1) is 9.88. The highest BCUT2D eigenvalue weighted by molar-refractivity contribution is 6.45. The molecule has 0 amide bonds. The van der Waals surface area contributed by atoms with Crippen LogP contribution < -0.4 is 4.74 Å². The number of hydrogen-bond donors (Lipinski definition) is 1. The Morgan fingerprint density at radius 1 is 1.38 bits per heavy atom. The van der Waals surface area contributed by atoms with E-state index in [-0.39, 0.29) is 6.10 Å². The third-order valence-electron chi connectivity index (χ3n) is 3.48. The van der Waals surface area contributed by atoms with Crippen molar-refractivity contribution < 1.29 is 23.5 Å². The molecule has 1 aromatic rings. The van der Waals surface area contributed by atoms with E-state index in [9.17, 15) is 23.9 Å². The predicted molar refractivity (Wildman–Crippen MR) is 72.1 cm³/mol. The van der Waals surface area contributed by atoms with Gasteiger partial charge in [-0.15, -0.1) is 0 Å². The van der Waals surface area contributed by atoms with E-state index in [4.69, 9.17) is 4.74 Å². The van der Waals surface area contributed by atoms with Crippen LogP contribution in [0.2, 0.25) is 6.82 Å². The van der Waals surface area contributed by atoms with Gasteiger partial charge in [-0.1, -0.05) is 0 Å². The summed E-state index contributed by atoms with van der Waals surface area (Å²) in [6, 6.07) is 1.28. The zero-order valence-corrected chi connectivity index (χ0v) is 11.5. The molecule has 0 saturated carbocycles. The zero-order valence-electron chi connectivity index (χ0n) is 11.5. The Morgan fingerprint density at radius 2 is 1.90 bits per heavy atom. The van der Waals surface area contributed by atoms with Crippen LogP contribution in [0.1, 0.15) is 12.8 Å². The smallest absolute Gasteiger partial charge is 0.376 e. The summed E-state index contributed by atoms with van der Waals surface area (Å²) in [5, 5.41) is 19.9. The Balaban J connectivity index is 2.06. The molecule has 21 heavy (non-hydrogen) atoms. The molecule has 1 fully saturated rings. The molecule has 0 aliphatic carbocycles. The van der Waals surface area contributed by atoms with E-state index in [0.717, 1.165) is 0 Å². The molecule has 9 heteroatoms. The number of benzene rings is 1. The van der Waals surface area contributed by atoms with E-state index >= 15 is 0 Å². The fraction of sp³-hybridized carbons (Fsp3) is 0.500. The largest absolute Gasteiger partial charge is 0.484 e. The van der Waals surface area contributed by atoms with E-state index in [2.05, 4.69) is 0 Å². The van der Waals surface area contributed by atoms with Crippen LogP contribution >= 0.6 is 0 Å². The molecule has 0 atom stereocenters. The highest BCUT2D eigenvalue weighted by Crippen LogP contribution is 2.29. The maximum atomic E-state index is 13.7. The standard InChI is InChI=1S/C12H15BF2N2O4/c1-13(18)16-4-2-9(3-5-16)21-12-10(14)6-8(17(19)20)7-11(12)15/h6-7,9,18H,2-5H2,1H3. The van der Waals surface area contributed by atoms with Gasteiger partial charge in [-0.25, -0.2) is 8.78 Å². The molecule has 1 aliphatic heterocycles. The number of halogens is 2. The molecule has 2 rings (SSSR count). The van der Waals surface area contributed by atoms with Crippen LogP contribution in [0.4, 0.5) is 14.5 Å². The van der Waals surface area contributed by atoms with Gasteiger partial charge in [-0.3, -0.25) is 10.1 Å². The van der Waals surface area contributed by atoms with Crippen molar-refractivity contribution in [3.63, 3.8) is 0 Å². The van der Waals surface area contributed by atoms with Crippen molar-refractivity contribution in [1.82, 2.24) is 4.81 Å². The van der Waals surface area contributed by atoms with Crippen LogP contribution in [0, 0.1) is 21.7 Å². The van der Waals surface area contributed by atoms with Crippen LogP contribution in [0.15, 0.2) is 12.1 Å². The Morgan fingerprint density at radius 3 is 2.33 bits per heavy atom. The van der Waals surface area contributed by atoms with Gasteiger partial charge >= 0.3 is 7.05 Å². The number of non-ortho nitro benzene ring substituents is 1. The van der Waals surface area contributed by atoms with Gasteiger partial charge in [0.05, 0.1) is 17.1 Å². The summed E-state index contributed by atoms with van der Waals surface area (Å²) in [7, 11) is -0.571. The van der Waals surface area contributed by atoms with Crippen LogP contribution in [-0.4, -0.2) is 41.0 Å². The number of piperidine rings is 1. The fourth-order valence-electron chi connectivity index (χ4n) is 2.30. The lowest BCUT2D eigenvalue weighted by Gasteiger charge is -2.32. The molecule has 0 unspecified atom stereocenters. The topological polar surface area (TPSA) is 75.8 Å². The average Bonchev–Trinajstić information content (AvgIpc) is 2.43. The maximum absolute atomic E-state index is 13.7. The number of nitro benzene ring substituents is 1. The minimum absolute atomic E-state index is 0.384. The first-order valence-corrected chi connectivity index (χ1v) is 6.60. The van der Waals surface area contributed by atoms with Gasteiger partial charge < -0.3 is 14.6 Å². The maximum Gasteiger partial charge on any atom is 0.376 e. The van der Waals surface area contributed by atoms with Crippen molar-refractivity contribution in [1.29, 1.82) is 0 Å². The Bertz CT molecular complexity index is 513. The minimum Gasteiger partial charge on any atom is -0.484 e. The summed E-state index contributed by atoms with van der Waals surface area (Å²) in [5.74, 6) is -2.75. The zero-order chi connectivity index (χ0) is 15.6. The van der Waals surface area contributed by atoms with Gasteiger partial charge in [0.1, 0.15) is 6.10 Å². The van der Waals surface area contributed by atoms with Gasteiger partial charge in [-0.05, 0) is 32.8 Å². The number of hydrogen-bond acceptors (Lipinski definition) is 5. The molecule has 0 aromatic heterocycles. The van der Waals surface area contributed by atoms with Gasteiger partial charge in [0.2, 0.25) is 0 Å². The van der Waals surface area contributed by atoms with Crippen LogP contribution in [-0.2, 0) is 0 Å². The molecule has 1 saturated heterocycles. The summed E-state index contributed by atoms with van der Waals surface area (Å²) >= 11 is 0. The fourth-order valence-corrected chi connectivity index (χ4v) is 2.30. The van der Waals surface area contributed by atoms with Crippen molar-refractivity contribution in [3.8, 4) is 5.75 Å². The molecule has 1 aliphatic rings. The Labute approximate surface area is 120 Å². The Hall–Kier alpha value is -1.74. The first kappa shape index (κ1) is 15.6. The number of ether oxygens (including phenoxy) is 1. The molecule has 6 nitrogen and oxygen atoms in total. The SMILES string of the molecule is CB(O)N1CCC(Oc2c(F)cc([N+](=O)[O-])cc2F)CC1. The quantitative estimate of drug-likeness (QED) is 0.521. The molecule has 0 bridgehead atoms. The second kappa shape index (κ2) is 6.36. The number of nitro groups is 1. The van der Waals surface area contributed by atoms with Crippen molar-refractivity contribution in [2.75, 3.05) is 13.1 Å². The lowest BCUT2D eigenvalue weighted by atomic mass is 9.82. The highest BCUT2D eigenvalue weighted by Gasteiger charge is 2.27. The highest BCUT2D eigenvalue weighted by atomic mass is 19.1. The molecule has 0 spiro atoms. The summed E-state index contributed by atoms with van der Waals surface area (Å²) in [5.41, 5.74) is -0.652. The van der Waals surface area contributed by atoms with Gasteiger partial charge in [-0.2, -0.15) is 0 Å². The van der Waals surface area contributed by atoms with Crippen molar-refractivity contribution >= 4 is 12.7 Å². The monoisotopic (exact) mass is 300 g/mol. The molecule has 1 N–H and O–H groups in total.